The molecule has 0 atom stereocenters. The predicted molar refractivity (Wildman–Crippen MR) is 98.4 cm³/mol. The molecule has 0 unspecified atom stereocenters. The Kier molecular flexibility index (Phi) is 6.43. The molecule has 1 N–H and O–H groups in total. The van der Waals surface area contributed by atoms with Crippen LogP contribution >= 0.6 is 11.6 Å². The van der Waals surface area contributed by atoms with Crippen molar-refractivity contribution in [3.8, 4) is 17.2 Å². The first-order valence-corrected chi connectivity index (χ1v) is 8.06. The topological polar surface area (TPSA) is 52.1 Å². The Morgan fingerprint density at radius 2 is 1.59 bits per heavy atom. The summed E-state index contributed by atoms with van der Waals surface area (Å²) < 4.78 is 54.4. The molecule has 5 nitrogen and oxygen atoms in total. The molecule has 0 saturated heterocycles. The van der Waals surface area contributed by atoms with Gasteiger partial charge in [0.25, 0.3) is 0 Å². The van der Waals surface area contributed by atoms with Gasteiger partial charge in [-0.1, -0.05) is 11.6 Å². The largest absolute Gasteiger partial charge is 0.493 e. The normalized spacial score (nSPS) is 11.9. The molecule has 0 aliphatic heterocycles. The highest BCUT2D eigenvalue weighted by Crippen LogP contribution is 2.38. The molecule has 2 aromatic carbocycles. The lowest BCUT2D eigenvalue weighted by atomic mass is 10.1. The molecule has 0 heterocycles. The van der Waals surface area contributed by atoms with Gasteiger partial charge in [0, 0.05) is 5.56 Å². The minimum absolute atomic E-state index is 0.0401. The zero-order valence-electron chi connectivity index (χ0n) is 15.1. The zero-order valence-corrected chi connectivity index (χ0v) is 15.8. The van der Waals surface area contributed by atoms with Crippen LogP contribution in [0.4, 0.5) is 18.9 Å². The van der Waals surface area contributed by atoms with Crippen LogP contribution in [0.15, 0.2) is 35.4 Å². The van der Waals surface area contributed by atoms with E-state index < -0.39 is 11.7 Å². The van der Waals surface area contributed by atoms with Crippen molar-refractivity contribution < 1.29 is 27.4 Å². The summed E-state index contributed by atoms with van der Waals surface area (Å²) in [5.41, 5.74) is 2.89. The average Bonchev–Trinajstić information content (AvgIpc) is 2.64. The second kappa shape index (κ2) is 8.39. The van der Waals surface area contributed by atoms with Crippen LogP contribution in [0.3, 0.4) is 0 Å². The fraction of sp³-hybridized carbons (Fsp3) is 0.278. The van der Waals surface area contributed by atoms with E-state index >= 15 is 0 Å². The van der Waals surface area contributed by atoms with Gasteiger partial charge in [-0.15, -0.1) is 0 Å². The van der Waals surface area contributed by atoms with Crippen molar-refractivity contribution in [1.82, 2.24) is 0 Å². The van der Waals surface area contributed by atoms with Crippen molar-refractivity contribution in [1.29, 1.82) is 0 Å². The third-order valence-electron chi connectivity index (χ3n) is 3.72. The molecular weight excluding hydrogens is 385 g/mol. The van der Waals surface area contributed by atoms with Gasteiger partial charge in [0.1, 0.15) is 0 Å². The fourth-order valence-corrected chi connectivity index (χ4v) is 2.45. The number of alkyl halides is 3. The molecule has 0 amide bonds. The quantitative estimate of drug-likeness (QED) is 0.531. The Balaban J connectivity index is 2.36. The summed E-state index contributed by atoms with van der Waals surface area (Å²) in [6.07, 6.45) is -4.48. The molecule has 0 aliphatic rings. The molecular formula is C18H18ClF3N2O3. The maximum atomic E-state index is 12.9. The number of hydrogen-bond acceptors (Lipinski definition) is 5. The molecule has 0 fully saturated rings. The molecule has 0 aromatic heterocycles. The zero-order chi connectivity index (χ0) is 20.2. The second-order valence-corrected chi connectivity index (χ2v) is 5.82. The average molecular weight is 403 g/mol. The van der Waals surface area contributed by atoms with Gasteiger partial charge >= 0.3 is 6.18 Å². The van der Waals surface area contributed by atoms with E-state index in [4.69, 9.17) is 25.8 Å². The number of nitrogens with zero attached hydrogens (tertiary/aromatic N) is 1. The standard InChI is InChI=1S/C18H18ClF3N2O3/c1-10(11-7-15(25-2)17(27-4)16(8-11)26-3)23-24-14-9-12(18(20,21)22)5-6-13(14)19/h5-9,24H,1-4H3/b23-10+. The third kappa shape index (κ3) is 4.77. The van der Waals surface area contributed by atoms with Gasteiger partial charge in [0.15, 0.2) is 11.5 Å². The minimum atomic E-state index is -4.48. The first kappa shape index (κ1) is 20.7. The molecule has 0 aliphatic carbocycles. The number of hydrogen-bond donors (Lipinski definition) is 1. The van der Waals surface area contributed by atoms with Crippen molar-refractivity contribution in [3.05, 3.63) is 46.5 Å². The number of anilines is 1. The van der Waals surface area contributed by atoms with Crippen molar-refractivity contribution in [2.24, 2.45) is 5.10 Å². The number of nitrogens with one attached hydrogen (secondary N) is 1. The lowest BCUT2D eigenvalue weighted by Gasteiger charge is -2.14. The molecule has 0 bridgehead atoms. The van der Waals surface area contributed by atoms with Gasteiger partial charge in [0.2, 0.25) is 5.75 Å². The Morgan fingerprint density at radius 3 is 2.07 bits per heavy atom. The van der Waals surface area contributed by atoms with E-state index in [1.54, 1.807) is 19.1 Å². The molecule has 2 rings (SSSR count). The van der Waals surface area contributed by atoms with Crippen LogP contribution < -0.4 is 19.6 Å². The summed E-state index contributed by atoms with van der Waals surface area (Å²) in [7, 11) is 4.45. The van der Waals surface area contributed by atoms with E-state index in [0.717, 1.165) is 18.2 Å². The minimum Gasteiger partial charge on any atom is -0.493 e. The van der Waals surface area contributed by atoms with E-state index in [-0.39, 0.29) is 10.7 Å². The Morgan fingerprint density at radius 1 is 1.00 bits per heavy atom. The summed E-state index contributed by atoms with van der Waals surface area (Å²) in [5.74, 6) is 1.28. The van der Waals surface area contributed by atoms with Crippen LogP contribution in [-0.2, 0) is 6.18 Å². The van der Waals surface area contributed by atoms with E-state index in [1.165, 1.54) is 21.3 Å². The molecule has 9 heteroatoms. The van der Waals surface area contributed by atoms with Gasteiger partial charge in [-0.2, -0.15) is 18.3 Å². The lowest BCUT2D eigenvalue weighted by Crippen LogP contribution is -2.06. The molecule has 27 heavy (non-hydrogen) atoms. The van der Waals surface area contributed by atoms with Crippen LogP contribution in [0.25, 0.3) is 0 Å². The summed E-state index contributed by atoms with van der Waals surface area (Å²) in [6.45, 7) is 1.68. The van der Waals surface area contributed by atoms with Crippen molar-refractivity contribution in [2.45, 2.75) is 13.1 Å². The monoisotopic (exact) mass is 402 g/mol. The highest BCUT2D eigenvalue weighted by Gasteiger charge is 2.31. The number of rotatable bonds is 6. The fourth-order valence-electron chi connectivity index (χ4n) is 2.29. The first-order valence-electron chi connectivity index (χ1n) is 7.68. The SMILES string of the molecule is COc1cc(/C(C)=N/Nc2cc(C(F)(F)F)ccc2Cl)cc(OC)c1OC. The van der Waals surface area contributed by atoms with Crippen molar-refractivity contribution >= 4 is 23.0 Å². The van der Waals surface area contributed by atoms with E-state index in [9.17, 15) is 13.2 Å². The molecule has 0 saturated carbocycles. The van der Waals surface area contributed by atoms with Crippen molar-refractivity contribution in [3.63, 3.8) is 0 Å². The Bertz CT molecular complexity index is 829. The molecule has 0 spiro atoms. The summed E-state index contributed by atoms with van der Waals surface area (Å²) in [5, 5.41) is 4.23. The van der Waals surface area contributed by atoms with Crippen LogP contribution in [0.2, 0.25) is 5.02 Å². The summed E-state index contributed by atoms with van der Waals surface area (Å²) >= 11 is 5.96. The van der Waals surface area contributed by atoms with Gasteiger partial charge < -0.3 is 14.2 Å². The number of halogens is 4. The van der Waals surface area contributed by atoms with E-state index in [2.05, 4.69) is 10.5 Å². The Hall–Kier alpha value is -2.61. The molecule has 146 valence electrons. The van der Waals surface area contributed by atoms with Gasteiger partial charge in [-0.3, -0.25) is 5.43 Å². The number of methoxy groups -OCH3 is 3. The lowest BCUT2D eigenvalue weighted by molar-refractivity contribution is -0.137. The molecule has 0 radical (unpaired) electrons. The second-order valence-electron chi connectivity index (χ2n) is 5.42. The number of benzene rings is 2. The molecule has 2 aromatic rings. The predicted octanol–water partition coefficient (Wildman–Crippen LogP) is 5.22. The van der Waals surface area contributed by atoms with Crippen LogP contribution in [0.1, 0.15) is 18.1 Å². The van der Waals surface area contributed by atoms with Crippen LogP contribution in [0, 0.1) is 0 Å². The maximum absolute atomic E-state index is 12.9. The van der Waals surface area contributed by atoms with Gasteiger partial charge in [0.05, 0.1) is 43.3 Å². The van der Waals surface area contributed by atoms with E-state index in [0.29, 0.717) is 28.5 Å². The number of hydrazone groups is 1. The smallest absolute Gasteiger partial charge is 0.416 e. The first-order chi connectivity index (χ1) is 12.7. The Labute approximate surface area is 159 Å². The van der Waals surface area contributed by atoms with Crippen LogP contribution in [-0.4, -0.2) is 27.0 Å². The third-order valence-corrected chi connectivity index (χ3v) is 4.05. The highest BCUT2D eigenvalue weighted by atomic mass is 35.5. The maximum Gasteiger partial charge on any atom is 0.416 e. The highest BCUT2D eigenvalue weighted by molar-refractivity contribution is 6.33. The van der Waals surface area contributed by atoms with Gasteiger partial charge in [-0.05, 0) is 37.3 Å². The van der Waals surface area contributed by atoms with Crippen molar-refractivity contribution in [2.75, 3.05) is 26.8 Å². The van der Waals surface area contributed by atoms with Gasteiger partial charge in [-0.25, -0.2) is 0 Å². The number of ether oxygens (including phenoxy) is 3. The summed E-state index contributed by atoms with van der Waals surface area (Å²) in [4.78, 5) is 0. The summed E-state index contributed by atoms with van der Waals surface area (Å²) in [6, 6.07) is 6.32. The van der Waals surface area contributed by atoms with Crippen LogP contribution in [0.5, 0.6) is 17.2 Å². The van der Waals surface area contributed by atoms with E-state index in [1.807, 2.05) is 0 Å².